The second-order valence-electron chi connectivity index (χ2n) is 7.58. The molecule has 0 aliphatic carbocycles. The van der Waals surface area contributed by atoms with Crippen molar-refractivity contribution in [3.05, 3.63) is 41.9 Å². The number of alkyl halides is 3. The Morgan fingerprint density at radius 2 is 1.59 bits per heavy atom. The van der Waals surface area contributed by atoms with Crippen molar-refractivity contribution >= 4 is 11.8 Å². The summed E-state index contributed by atoms with van der Waals surface area (Å²) in [7, 11) is 0. The Morgan fingerprint density at radius 1 is 0.828 bits per heavy atom. The number of hydrogen-bond acceptors (Lipinski definition) is 6. The largest absolute Gasteiger partial charge is 0.433 e. The lowest BCUT2D eigenvalue weighted by Crippen LogP contribution is -2.46. The van der Waals surface area contributed by atoms with E-state index < -0.39 is 11.9 Å². The molecule has 0 bridgehead atoms. The molecule has 2 aromatic heterocycles. The predicted octanol–water partition coefficient (Wildman–Crippen LogP) is 3.20. The van der Waals surface area contributed by atoms with Gasteiger partial charge in [-0.05, 0) is 37.0 Å². The van der Waals surface area contributed by atoms with Gasteiger partial charge in [0.25, 0.3) is 0 Å². The van der Waals surface area contributed by atoms with Crippen molar-refractivity contribution < 1.29 is 13.2 Å². The summed E-state index contributed by atoms with van der Waals surface area (Å²) in [5, 5.41) is 0. The summed E-state index contributed by atoms with van der Waals surface area (Å²) in [6.07, 6.45) is 2.44. The third kappa shape index (κ3) is 4.95. The lowest BCUT2D eigenvalue weighted by atomic mass is 10.1. The zero-order valence-corrected chi connectivity index (χ0v) is 16.3. The van der Waals surface area contributed by atoms with Crippen LogP contribution >= 0.6 is 0 Å². The summed E-state index contributed by atoms with van der Waals surface area (Å²) in [5.41, 5.74) is -0.0633. The number of anilines is 2. The molecule has 4 heterocycles. The van der Waals surface area contributed by atoms with E-state index in [0.29, 0.717) is 6.54 Å². The van der Waals surface area contributed by atoms with Crippen LogP contribution in [0.1, 0.15) is 30.5 Å². The molecule has 2 fully saturated rings. The SMILES string of the molecule is FC(F)(F)c1ccc(CN2CCN(c3nccc(N4CCCCC4)n3)CC2)cn1. The van der Waals surface area contributed by atoms with Crippen LogP contribution < -0.4 is 9.80 Å². The number of halogens is 3. The highest BCUT2D eigenvalue weighted by Crippen LogP contribution is 2.27. The fourth-order valence-corrected chi connectivity index (χ4v) is 3.84. The van der Waals surface area contributed by atoms with E-state index in [9.17, 15) is 13.2 Å². The number of nitrogens with zero attached hydrogens (tertiary/aromatic N) is 6. The molecule has 29 heavy (non-hydrogen) atoms. The van der Waals surface area contributed by atoms with Crippen LogP contribution in [0.15, 0.2) is 30.6 Å². The molecule has 0 saturated carbocycles. The molecule has 2 saturated heterocycles. The normalized spacial score (nSPS) is 18.9. The Hall–Kier alpha value is -2.42. The lowest BCUT2D eigenvalue weighted by Gasteiger charge is -2.35. The number of piperidine rings is 1. The average molecular weight is 406 g/mol. The van der Waals surface area contributed by atoms with Crippen LogP contribution in [-0.4, -0.2) is 59.1 Å². The molecular formula is C20H25F3N6. The predicted molar refractivity (Wildman–Crippen MR) is 105 cm³/mol. The summed E-state index contributed by atoms with van der Waals surface area (Å²) in [6.45, 7) is 5.87. The third-order valence-electron chi connectivity index (χ3n) is 5.48. The van der Waals surface area contributed by atoms with Gasteiger partial charge in [0, 0.05) is 58.2 Å². The van der Waals surface area contributed by atoms with Crippen LogP contribution in [0.2, 0.25) is 0 Å². The molecule has 0 spiro atoms. The molecule has 2 aromatic rings. The number of hydrogen-bond donors (Lipinski definition) is 0. The number of aromatic nitrogens is 3. The first-order chi connectivity index (χ1) is 14.0. The minimum atomic E-state index is -4.40. The zero-order chi connectivity index (χ0) is 20.3. The van der Waals surface area contributed by atoms with Crippen molar-refractivity contribution in [1.82, 2.24) is 19.9 Å². The van der Waals surface area contributed by atoms with Crippen molar-refractivity contribution in [3.63, 3.8) is 0 Å². The Morgan fingerprint density at radius 3 is 2.24 bits per heavy atom. The molecule has 4 rings (SSSR count). The molecule has 6 nitrogen and oxygen atoms in total. The van der Waals surface area contributed by atoms with Crippen LogP contribution in [0, 0.1) is 0 Å². The minimum absolute atomic E-state index is 0.591. The second kappa shape index (κ2) is 8.52. The minimum Gasteiger partial charge on any atom is -0.356 e. The zero-order valence-electron chi connectivity index (χ0n) is 16.3. The third-order valence-corrected chi connectivity index (χ3v) is 5.48. The molecule has 0 N–H and O–H groups in total. The molecule has 9 heteroatoms. The van der Waals surface area contributed by atoms with E-state index in [2.05, 4.69) is 24.7 Å². The lowest BCUT2D eigenvalue weighted by molar-refractivity contribution is -0.141. The van der Waals surface area contributed by atoms with Gasteiger partial charge in [0.05, 0.1) is 0 Å². The quantitative estimate of drug-likeness (QED) is 0.777. The van der Waals surface area contributed by atoms with Crippen molar-refractivity contribution in [2.24, 2.45) is 0 Å². The van der Waals surface area contributed by atoms with Crippen molar-refractivity contribution in [2.75, 3.05) is 49.1 Å². The summed E-state index contributed by atoms with van der Waals surface area (Å²) in [6, 6.07) is 4.53. The molecular weight excluding hydrogens is 381 g/mol. The number of pyridine rings is 1. The highest BCUT2D eigenvalue weighted by atomic mass is 19.4. The van der Waals surface area contributed by atoms with Crippen molar-refractivity contribution in [2.45, 2.75) is 32.0 Å². The van der Waals surface area contributed by atoms with Gasteiger partial charge in [0.2, 0.25) is 5.95 Å². The standard InChI is InChI=1S/C20H25F3N6/c21-20(22,23)17-5-4-16(14-25-17)15-27-10-12-29(13-11-27)19-24-7-6-18(26-19)28-8-2-1-3-9-28/h4-7,14H,1-3,8-13,15H2. The summed E-state index contributed by atoms with van der Waals surface area (Å²) in [5.74, 6) is 1.75. The smallest absolute Gasteiger partial charge is 0.356 e. The summed E-state index contributed by atoms with van der Waals surface area (Å²) >= 11 is 0. The van der Waals surface area contributed by atoms with E-state index >= 15 is 0 Å². The monoisotopic (exact) mass is 406 g/mol. The highest BCUT2D eigenvalue weighted by Gasteiger charge is 2.32. The van der Waals surface area contributed by atoms with Gasteiger partial charge in [-0.15, -0.1) is 0 Å². The molecule has 0 unspecified atom stereocenters. The van der Waals surface area contributed by atoms with Gasteiger partial charge in [-0.25, -0.2) is 4.98 Å². The molecule has 2 aliphatic heterocycles. The Labute approximate surface area is 168 Å². The number of rotatable bonds is 4. The van der Waals surface area contributed by atoms with Gasteiger partial charge in [-0.1, -0.05) is 6.07 Å². The molecule has 0 atom stereocenters. The highest BCUT2D eigenvalue weighted by molar-refractivity contribution is 5.44. The van der Waals surface area contributed by atoms with Gasteiger partial charge in [-0.2, -0.15) is 18.2 Å². The maximum Gasteiger partial charge on any atom is 0.433 e. The topological polar surface area (TPSA) is 48.4 Å². The summed E-state index contributed by atoms with van der Waals surface area (Å²) < 4.78 is 37.9. The van der Waals surface area contributed by atoms with E-state index in [-0.39, 0.29) is 0 Å². The van der Waals surface area contributed by atoms with E-state index in [0.717, 1.165) is 62.7 Å². The first kappa shape index (κ1) is 19.9. The summed E-state index contributed by atoms with van der Waals surface area (Å²) in [4.78, 5) is 19.5. The molecule has 156 valence electrons. The maximum absolute atomic E-state index is 12.6. The first-order valence-electron chi connectivity index (χ1n) is 10.1. The van der Waals surface area contributed by atoms with Crippen LogP contribution in [0.4, 0.5) is 24.9 Å². The Balaban J connectivity index is 1.32. The van der Waals surface area contributed by atoms with E-state index in [1.54, 1.807) is 0 Å². The Kier molecular flexibility index (Phi) is 5.84. The van der Waals surface area contributed by atoms with E-state index in [1.165, 1.54) is 31.5 Å². The van der Waals surface area contributed by atoms with Crippen LogP contribution in [0.3, 0.4) is 0 Å². The first-order valence-corrected chi connectivity index (χ1v) is 10.1. The Bertz CT molecular complexity index is 797. The fourth-order valence-electron chi connectivity index (χ4n) is 3.84. The number of piperazine rings is 1. The van der Waals surface area contributed by atoms with Gasteiger partial charge in [-0.3, -0.25) is 9.88 Å². The second-order valence-corrected chi connectivity index (χ2v) is 7.58. The van der Waals surface area contributed by atoms with Gasteiger partial charge in [0.1, 0.15) is 11.5 Å². The molecule has 0 amide bonds. The van der Waals surface area contributed by atoms with Gasteiger partial charge < -0.3 is 9.80 Å². The van der Waals surface area contributed by atoms with Crippen LogP contribution in [0.25, 0.3) is 0 Å². The molecule has 0 aromatic carbocycles. The average Bonchev–Trinajstić information content (AvgIpc) is 2.75. The molecule has 2 aliphatic rings. The molecule has 0 radical (unpaired) electrons. The van der Waals surface area contributed by atoms with Crippen molar-refractivity contribution in [3.8, 4) is 0 Å². The van der Waals surface area contributed by atoms with Crippen LogP contribution in [-0.2, 0) is 12.7 Å². The maximum atomic E-state index is 12.6. The van der Waals surface area contributed by atoms with Gasteiger partial charge >= 0.3 is 6.18 Å². The van der Waals surface area contributed by atoms with Crippen LogP contribution in [0.5, 0.6) is 0 Å². The van der Waals surface area contributed by atoms with E-state index in [4.69, 9.17) is 4.98 Å². The fraction of sp³-hybridized carbons (Fsp3) is 0.550. The van der Waals surface area contributed by atoms with Crippen molar-refractivity contribution in [1.29, 1.82) is 0 Å². The van der Waals surface area contributed by atoms with E-state index in [1.807, 2.05) is 12.3 Å². The van der Waals surface area contributed by atoms with Gasteiger partial charge in [0.15, 0.2) is 0 Å².